The number of carbonyl (C=O) groups is 1. The zero-order valence-electron chi connectivity index (χ0n) is 19.8. The van der Waals surface area contributed by atoms with Gasteiger partial charge in [-0.25, -0.2) is 4.39 Å². The van der Waals surface area contributed by atoms with Crippen molar-refractivity contribution in [3.05, 3.63) is 35.3 Å². The molecule has 1 atom stereocenters. The van der Waals surface area contributed by atoms with Crippen LogP contribution in [0.1, 0.15) is 36.4 Å². The third kappa shape index (κ3) is 5.18. The molecule has 5 heterocycles. The average Bonchev–Trinajstić information content (AvgIpc) is 2.87. The van der Waals surface area contributed by atoms with Gasteiger partial charge in [-0.3, -0.25) is 4.79 Å². The molecule has 12 heteroatoms. The number of piperidine rings is 1. The quantitative estimate of drug-likeness (QED) is 0.618. The number of rotatable bonds is 5. The number of hydrogen-bond acceptors (Lipinski definition) is 8. The van der Waals surface area contributed by atoms with E-state index in [1.54, 1.807) is 11.0 Å². The summed E-state index contributed by atoms with van der Waals surface area (Å²) in [7, 11) is 0. The molecule has 1 unspecified atom stereocenters. The van der Waals surface area contributed by atoms with E-state index in [0.29, 0.717) is 61.0 Å². The number of fused-ring (bicyclic) bond motifs is 1. The number of likely N-dealkylation sites (tertiary alicyclic amines) is 1. The predicted octanol–water partition coefficient (Wildman–Crippen LogP) is 2.70. The van der Waals surface area contributed by atoms with Crippen molar-refractivity contribution in [2.45, 2.75) is 37.8 Å². The Bertz CT molecular complexity index is 1100. The minimum Gasteiger partial charge on any atom is -0.484 e. The lowest BCUT2D eigenvalue weighted by atomic mass is 9.87. The lowest BCUT2D eigenvalue weighted by Gasteiger charge is -2.41. The fourth-order valence-electron chi connectivity index (χ4n) is 5.40. The van der Waals surface area contributed by atoms with Gasteiger partial charge in [-0.1, -0.05) is 0 Å². The van der Waals surface area contributed by atoms with Gasteiger partial charge in [-0.2, -0.15) is 5.10 Å². The van der Waals surface area contributed by atoms with E-state index in [0.717, 1.165) is 44.6 Å². The first-order valence-electron chi connectivity index (χ1n) is 12.0. The first-order valence-corrected chi connectivity index (χ1v) is 12.0. The lowest BCUT2D eigenvalue weighted by Crippen LogP contribution is -2.46. The summed E-state index contributed by atoms with van der Waals surface area (Å²) in [6.07, 6.45) is 2.78. The smallest absolute Gasteiger partial charge is 0.276 e. The van der Waals surface area contributed by atoms with Crippen molar-refractivity contribution < 1.29 is 23.4 Å². The Kier molecular flexibility index (Phi) is 8.39. The van der Waals surface area contributed by atoms with Crippen LogP contribution in [0.4, 0.5) is 10.1 Å². The largest absolute Gasteiger partial charge is 0.484 e. The van der Waals surface area contributed by atoms with Crippen LogP contribution in [0.3, 0.4) is 0 Å². The second-order valence-corrected chi connectivity index (χ2v) is 9.29. The molecule has 1 aromatic carbocycles. The Morgan fingerprint density at radius 3 is 2.64 bits per heavy atom. The summed E-state index contributed by atoms with van der Waals surface area (Å²) < 4.78 is 31.5. The Morgan fingerprint density at radius 1 is 1.00 bits per heavy atom. The highest BCUT2D eigenvalue weighted by molar-refractivity contribution is 5.99. The molecule has 2 aromatic rings. The molecule has 0 bridgehead atoms. The summed E-state index contributed by atoms with van der Waals surface area (Å²) in [5.41, 5.74) is 2.11. The van der Waals surface area contributed by atoms with Crippen molar-refractivity contribution in [2.24, 2.45) is 0 Å². The summed E-state index contributed by atoms with van der Waals surface area (Å²) >= 11 is 0. The minimum absolute atomic E-state index is 0. The number of halogens is 3. The number of nitrogens with zero attached hydrogens (tertiary/aromatic N) is 4. The van der Waals surface area contributed by atoms with Crippen molar-refractivity contribution in [1.29, 1.82) is 0 Å². The predicted molar refractivity (Wildman–Crippen MR) is 135 cm³/mol. The van der Waals surface area contributed by atoms with Crippen LogP contribution in [-0.4, -0.2) is 73.0 Å². The van der Waals surface area contributed by atoms with Gasteiger partial charge in [0.25, 0.3) is 11.8 Å². The molecule has 1 saturated heterocycles. The Balaban J connectivity index is 0.00000152. The molecule has 1 amide bonds. The lowest BCUT2D eigenvalue weighted by molar-refractivity contribution is -0.121. The van der Waals surface area contributed by atoms with Gasteiger partial charge in [-0.15, -0.1) is 29.9 Å². The monoisotopic (exact) mass is 541 g/mol. The van der Waals surface area contributed by atoms with Gasteiger partial charge < -0.3 is 29.3 Å². The Hall–Kier alpha value is -2.40. The van der Waals surface area contributed by atoms with Crippen LogP contribution in [0.15, 0.2) is 18.2 Å². The maximum Gasteiger partial charge on any atom is 0.276 e. The standard InChI is InChI=1S/C24H28FN5O4.2ClH/c25-18-1-2-19-23-22(18)15(3-8-30(23)21(31)14-34-19)13-29-6-4-16(5-7-29)26-12-17-11-20-24(28-27-17)33-10-9-32-20;;/h1-2,11,15-16,26H,3-10,12-14H2;2*1H. The highest BCUT2D eigenvalue weighted by Gasteiger charge is 2.37. The first kappa shape index (κ1) is 26.7. The van der Waals surface area contributed by atoms with Crippen LogP contribution in [0.25, 0.3) is 0 Å². The van der Waals surface area contributed by atoms with Crippen LogP contribution in [0, 0.1) is 5.82 Å². The minimum atomic E-state index is -0.246. The van der Waals surface area contributed by atoms with E-state index in [1.807, 2.05) is 6.07 Å². The van der Waals surface area contributed by atoms with E-state index in [4.69, 9.17) is 14.2 Å². The van der Waals surface area contributed by atoms with Gasteiger partial charge in [0.2, 0.25) is 0 Å². The molecule has 1 fully saturated rings. The van der Waals surface area contributed by atoms with E-state index in [-0.39, 0.29) is 49.1 Å². The van der Waals surface area contributed by atoms with Gasteiger partial charge in [0.05, 0.1) is 11.4 Å². The fraction of sp³-hybridized carbons (Fsp3) is 0.542. The fourth-order valence-corrected chi connectivity index (χ4v) is 5.40. The highest BCUT2D eigenvalue weighted by Crippen LogP contribution is 2.45. The molecule has 196 valence electrons. The van der Waals surface area contributed by atoms with Crippen molar-refractivity contribution in [3.8, 4) is 17.4 Å². The normalized spacial score (nSPS) is 21.1. The third-order valence-electron chi connectivity index (χ3n) is 7.15. The summed E-state index contributed by atoms with van der Waals surface area (Å²) in [6.45, 7) is 4.97. The van der Waals surface area contributed by atoms with Gasteiger partial charge in [0.1, 0.15) is 24.8 Å². The van der Waals surface area contributed by atoms with Crippen molar-refractivity contribution >= 4 is 36.4 Å². The average molecular weight is 542 g/mol. The van der Waals surface area contributed by atoms with Gasteiger partial charge in [-0.05, 0) is 44.5 Å². The molecule has 1 aromatic heterocycles. The van der Waals surface area contributed by atoms with Gasteiger partial charge in [0.15, 0.2) is 12.4 Å². The molecule has 36 heavy (non-hydrogen) atoms. The van der Waals surface area contributed by atoms with Crippen molar-refractivity contribution in [3.63, 3.8) is 0 Å². The van der Waals surface area contributed by atoms with Crippen molar-refractivity contribution in [1.82, 2.24) is 20.4 Å². The van der Waals surface area contributed by atoms with E-state index in [2.05, 4.69) is 20.4 Å². The molecule has 0 aliphatic carbocycles. The number of anilines is 1. The second kappa shape index (κ2) is 11.3. The maximum absolute atomic E-state index is 14.9. The van der Waals surface area contributed by atoms with Crippen molar-refractivity contribution in [2.75, 3.05) is 50.9 Å². The Morgan fingerprint density at radius 2 is 1.81 bits per heavy atom. The number of hydrogen-bond donors (Lipinski definition) is 1. The van der Waals surface area contributed by atoms with E-state index in [9.17, 15) is 9.18 Å². The summed E-state index contributed by atoms with van der Waals surface area (Å²) in [4.78, 5) is 16.4. The number of nitrogens with one attached hydrogen (secondary N) is 1. The van der Waals surface area contributed by atoms with Gasteiger partial charge in [0, 0.05) is 43.2 Å². The maximum atomic E-state index is 14.9. The van der Waals surface area contributed by atoms with Crippen LogP contribution in [0.2, 0.25) is 0 Å². The number of amides is 1. The summed E-state index contributed by atoms with van der Waals surface area (Å²) in [5.74, 6) is 1.45. The van der Waals surface area contributed by atoms with Crippen LogP contribution >= 0.6 is 24.8 Å². The van der Waals surface area contributed by atoms with E-state index < -0.39 is 0 Å². The highest BCUT2D eigenvalue weighted by atomic mass is 35.5. The number of benzene rings is 1. The molecular formula is C24H30Cl2FN5O4. The number of carbonyl (C=O) groups excluding carboxylic acids is 1. The zero-order chi connectivity index (χ0) is 23.1. The van der Waals surface area contributed by atoms with E-state index >= 15 is 0 Å². The molecule has 4 aliphatic rings. The summed E-state index contributed by atoms with van der Waals surface area (Å²) in [5, 5.41) is 11.9. The SMILES string of the molecule is Cl.Cl.O=C1COc2ccc(F)c3c2N1CCC3CN1CCC(NCc2cc3c(nn2)OCCO3)CC1. The zero-order valence-corrected chi connectivity index (χ0v) is 21.4. The second-order valence-electron chi connectivity index (χ2n) is 9.29. The van der Waals surface area contributed by atoms with Crippen LogP contribution in [0.5, 0.6) is 17.4 Å². The molecule has 4 aliphatic heterocycles. The third-order valence-corrected chi connectivity index (χ3v) is 7.15. The van der Waals surface area contributed by atoms with Crippen LogP contribution < -0.4 is 24.4 Å². The number of ether oxygens (including phenoxy) is 3. The molecule has 0 radical (unpaired) electrons. The molecule has 9 nitrogen and oxygen atoms in total. The summed E-state index contributed by atoms with van der Waals surface area (Å²) in [6, 6.07) is 5.39. The molecule has 0 spiro atoms. The first-order chi connectivity index (χ1) is 16.7. The Labute approximate surface area is 221 Å². The van der Waals surface area contributed by atoms with Gasteiger partial charge >= 0.3 is 0 Å². The van der Waals surface area contributed by atoms with Crippen LogP contribution in [-0.2, 0) is 11.3 Å². The molecule has 1 N–H and O–H groups in total. The topological polar surface area (TPSA) is 89.1 Å². The molecular weight excluding hydrogens is 512 g/mol. The molecule has 6 rings (SSSR count). The van der Waals surface area contributed by atoms with E-state index in [1.165, 1.54) is 6.07 Å². The molecule has 0 saturated carbocycles. The number of aromatic nitrogens is 2.